The molecule has 0 aliphatic heterocycles. The largest absolute Gasteiger partial charge is 0.339 e. The first kappa shape index (κ1) is 11.2. The Morgan fingerprint density at radius 3 is 2.71 bits per heavy atom. The van der Waals surface area contributed by atoms with Gasteiger partial charge in [-0.15, -0.1) is 0 Å². The maximum atomic E-state index is 5.39. The van der Waals surface area contributed by atoms with Crippen molar-refractivity contribution in [2.45, 2.75) is 56.9 Å². The summed E-state index contributed by atoms with van der Waals surface area (Å²) in [4.78, 5) is 4.57. The van der Waals surface area contributed by atoms with Gasteiger partial charge in [0.05, 0.1) is 0 Å². The average molecular weight is 235 g/mol. The van der Waals surface area contributed by atoms with Crippen LogP contribution in [0.25, 0.3) is 0 Å². The van der Waals surface area contributed by atoms with Crippen molar-refractivity contribution in [3.05, 3.63) is 11.7 Å². The van der Waals surface area contributed by atoms with Gasteiger partial charge in [0, 0.05) is 18.4 Å². The molecule has 2 aliphatic rings. The van der Waals surface area contributed by atoms with Gasteiger partial charge in [-0.05, 0) is 38.6 Å². The van der Waals surface area contributed by atoms with Crippen LogP contribution in [-0.2, 0) is 6.42 Å². The number of likely N-dealkylation sites (N-methyl/N-ethyl adjacent to an activating group) is 1. The molecule has 3 rings (SSSR count). The molecule has 4 heteroatoms. The maximum Gasteiger partial charge on any atom is 0.228 e. The van der Waals surface area contributed by atoms with Crippen molar-refractivity contribution in [1.82, 2.24) is 15.5 Å². The number of hydrogen-bond donors (Lipinski definition) is 1. The molecule has 0 saturated heterocycles. The van der Waals surface area contributed by atoms with Crippen LogP contribution in [0.3, 0.4) is 0 Å². The van der Waals surface area contributed by atoms with E-state index in [1.54, 1.807) is 0 Å². The van der Waals surface area contributed by atoms with Gasteiger partial charge >= 0.3 is 0 Å². The second-order valence-corrected chi connectivity index (χ2v) is 5.46. The molecule has 2 fully saturated rings. The highest BCUT2D eigenvalue weighted by molar-refractivity contribution is 5.00. The van der Waals surface area contributed by atoms with Gasteiger partial charge in [-0.25, -0.2) is 0 Å². The van der Waals surface area contributed by atoms with Crippen LogP contribution in [0.1, 0.15) is 56.2 Å². The van der Waals surface area contributed by atoms with Gasteiger partial charge in [-0.3, -0.25) is 0 Å². The molecule has 1 aromatic rings. The Morgan fingerprint density at radius 1 is 1.29 bits per heavy atom. The monoisotopic (exact) mass is 235 g/mol. The zero-order valence-electron chi connectivity index (χ0n) is 10.5. The highest BCUT2D eigenvalue weighted by Crippen LogP contribution is 2.35. The first-order chi connectivity index (χ1) is 8.36. The van der Waals surface area contributed by atoms with Crippen molar-refractivity contribution in [3.63, 3.8) is 0 Å². The number of nitrogens with zero attached hydrogens (tertiary/aromatic N) is 2. The minimum Gasteiger partial charge on any atom is -0.339 e. The van der Waals surface area contributed by atoms with E-state index in [2.05, 4.69) is 15.5 Å². The van der Waals surface area contributed by atoms with Gasteiger partial charge in [-0.2, -0.15) is 4.98 Å². The average Bonchev–Trinajstić information content (AvgIpc) is 2.88. The summed E-state index contributed by atoms with van der Waals surface area (Å²) in [6.45, 7) is 0. The van der Waals surface area contributed by atoms with Crippen molar-refractivity contribution in [2.75, 3.05) is 7.05 Å². The van der Waals surface area contributed by atoms with Crippen LogP contribution >= 0.6 is 0 Å². The van der Waals surface area contributed by atoms with E-state index in [-0.39, 0.29) is 0 Å². The molecule has 2 saturated carbocycles. The lowest BCUT2D eigenvalue weighted by atomic mass is 10.1. The van der Waals surface area contributed by atoms with Crippen molar-refractivity contribution < 1.29 is 4.52 Å². The number of rotatable bonds is 5. The van der Waals surface area contributed by atoms with E-state index in [0.717, 1.165) is 24.1 Å². The highest BCUT2D eigenvalue weighted by atomic mass is 16.5. The van der Waals surface area contributed by atoms with Gasteiger partial charge in [0.25, 0.3) is 0 Å². The Labute approximate surface area is 102 Å². The molecular weight excluding hydrogens is 214 g/mol. The zero-order valence-corrected chi connectivity index (χ0v) is 10.5. The molecule has 17 heavy (non-hydrogen) atoms. The Balaban J connectivity index is 1.62. The summed E-state index contributed by atoms with van der Waals surface area (Å²) in [5.74, 6) is 3.14. The van der Waals surface area contributed by atoms with E-state index < -0.39 is 0 Å². The van der Waals surface area contributed by atoms with Gasteiger partial charge < -0.3 is 9.84 Å². The Kier molecular flexibility index (Phi) is 3.14. The first-order valence-corrected chi connectivity index (χ1v) is 6.86. The summed E-state index contributed by atoms with van der Waals surface area (Å²) in [5, 5.41) is 7.51. The predicted molar refractivity (Wildman–Crippen MR) is 64.8 cm³/mol. The number of hydrogen-bond acceptors (Lipinski definition) is 4. The molecule has 1 heterocycles. The quantitative estimate of drug-likeness (QED) is 0.850. The molecule has 0 aromatic carbocycles. The fourth-order valence-corrected chi connectivity index (χ4v) is 2.89. The van der Waals surface area contributed by atoms with E-state index >= 15 is 0 Å². The Hall–Kier alpha value is -0.900. The van der Waals surface area contributed by atoms with E-state index in [1.807, 2.05) is 7.05 Å². The lowest BCUT2D eigenvalue weighted by Gasteiger charge is -2.11. The lowest BCUT2D eigenvalue weighted by Crippen LogP contribution is -2.29. The summed E-state index contributed by atoms with van der Waals surface area (Å²) in [6, 6.07) is 0.520. The topological polar surface area (TPSA) is 51.0 Å². The summed E-state index contributed by atoms with van der Waals surface area (Å²) < 4.78 is 5.39. The van der Waals surface area contributed by atoms with Crippen molar-refractivity contribution >= 4 is 0 Å². The fourth-order valence-electron chi connectivity index (χ4n) is 2.89. The second-order valence-electron chi connectivity index (χ2n) is 5.46. The maximum absolute atomic E-state index is 5.39. The van der Waals surface area contributed by atoms with E-state index in [0.29, 0.717) is 12.0 Å². The standard InChI is InChI=1S/C13H21N3O/c1-14-11(9-6-7-9)8-12-15-13(16-17-12)10-4-2-3-5-10/h9-11,14H,2-8H2,1H3. The van der Waals surface area contributed by atoms with Crippen LogP contribution in [0, 0.1) is 5.92 Å². The van der Waals surface area contributed by atoms with Gasteiger partial charge in [-0.1, -0.05) is 18.0 Å². The first-order valence-electron chi connectivity index (χ1n) is 6.86. The normalized spacial score (nSPS) is 23.1. The minimum absolute atomic E-state index is 0.520. The van der Waals surface area contributed by atoms with Crippen molar-refractivity contribution in [1.29, 1.82) is 0 Å². The molecule has 4 nitrogen and oxygen atoms in total. The van der Waals surface area contributed by atoms with Gasteiger partial charge in [0.1, 0.15) is 0 Å². The van der Waals surface area contributed by atoms with Gasteiger partial charge in [0.2, 0.25) is 5.89 Å². The molecule has 0 spiro atoms. The van der Waals surface area contributed by atoms with E-state index in [4.69, 9.17) is 4.52 Å². The molecule has 1 unspecified atom stereocenters. The second kappa shape index (κ2) is 4.77. The fraction of sp³-hybridized carbons (Fsp3) is 0.846. The third kappa shape index (κ3) is 2.51. The Morgan fingerprint density at radius 2 is 2.06 bits per heavy atom. The molecule has 1 N–H and O–H groups in total. The third-order valence-corrected chi connectivity index (χ3v) is 4.16. The van der Waals surface area contributed by atoms with Gasteiger partial charge in [0.15, 0.2) is 5.82 Å². The van der Waals surface area contributed by atoms with Crippen LogP contribution in [0.5, 0.6) is 0 Å². The smallest absolute Gasteiger partial charge is 0.228 e. The highest BCUT2D eigenvalue weighted by Gasteiger charge is 2.32. The number of aromatic nitrogens is 2. The van der Waals surface area contributed by atoms with E-state index in [1.165, 1.54) is 38.5 Å². The molecular formula is C13H21N3O. The molecule has 0 radical (unpaired) electrons. The zero-order chi connectivity index (χ0) is 11.7. The molecule has 1 atom stereocenters. The van der Waals surface area contributed by atoms with Crippen LogP contribution < -0.4 is 5.32 Å². The minimum atomic E-state index is 0.520. The SMILES string of the molecule is CNC(Cc1nc(C2CCCC2)no1)C1CC1. The van der Waals surface area contributed by atoms with E-state index in [9.17, 15) is 0 Å². The number of nitrogens with one attached hydrogen (secondary N) is 1. The summed E-state index contributed by atoms with van der Waals surface area (Å²) in [5.41, 5.74) is 0. The molecule has 1 aromatic heterocycles. The van der Waals surface area contributed by atoms with Crippen molar-refractivity contribution in [3.8, 4) is 0 Å². The molecule has 2 aliphatic carbocycles. The Bertz CT molecular complexity index is 366. The predicted octanol–water partition coefficient (Wildman–Crippen LogP) is 2.27. The van der Waals surface area contributed by atoms with Crippen LogP contribution in [0.15, 0.2) is 4.52 Å². The van der Waals surface area contributed by atoms with Crippen molar-refractivity contribution in [2.24, 2.45) is 5.92 Å². The molecule has 0 amide bonds. The van der Waals surface area contributed by atoms with Crippen LogP contribution in [0.2, 0.25) is 0 Å². The summed E-state index contributed by atoms with van der Waals surface area (Å²) in [7, 11) is 2.03. The molecule has 0 bridgehead atoms. The summed E-state index contributed by atoms with van der Waals surface area (Å²) >= 11 is 0. The molecule has 94 valence electrons. The van der Waals surface area contributed by atoms with Crippen LogP contribution in [-0.4, -0.2) is 23.2 Å². The van der Waals surface area contributed by atoms with Crippen LogP contribution in [0.4, 0.5) is 0 Å². The summed E-state index contributed by atoms with van der Waals surface area (Å²) in [6.07, 6.45) is 8.67. The lowest BCUT2D eigenvalue weighted by molar-refractivity contribution is 0.346. The third-order valence-electron chi connectivity index (χ3n) is 4.16.